The molecule has 2 N–H and O–H groups in total. The topological polar surface area (TPSA) is 70.6 Å². The minimum absolute atomic E-state index is 0.0788. The molecule has 0 unspecified atom stereocenters. The summed E-state index contributed by atoms with van der Waals surface area (Å²) < 4.78 is 13.2. The van der Waals surface area contributed by atoms with Gasteiger partial charge in [-0.3, -0.25) is 20.2 Å². The molecule has 1 aliphatic heterocycles. The van der Waals surface area contributed by atoms with Crippen LogP contribution in [0.5, 0.6) is 0 Å². The van der Waals surface area contributed by atoms with Gasteiger partial charge in [0, 0.05) is 5.56 Å². The lowest BCUT2D eigenvalue weighted by Crippen LogP contribution is -2.47. The maximum atomic E-state index is 13.2. The fraction of sp³-hybridized carbons (Fsp3) is 0.211. The highest BCUT2D eigenvalue weighted by Gasteiger charge is 2.23. The van der Waals surface area contributed by atoms with Crippen LogP contribution in [0.25, 0.3) is 0 Å². The number of carbonyl (C=O) groups is 2. The lowest BCUT2D eigenvalue weighted by Gasteiger charge is -2.21. The maximum absolute atomic E-state index is 13.2. The molecule has 0 aliphatic carbocycles. The number of carbonyl (C=O) groups excluding carboxylic acids is 2. The van der Waals surface area contributed by atoms with E-state index in [2.05, 4.69) is 22.5 Å². The number of hydrogen-bond donors (Lipinski definition) is 2. The van der Waals surface area contributed by atoms with E-state index in [1.54, 1.807) is 0 Å². The molecule has 0 spiro atoms. The van der Waals surface area contributed by atoms with Crippen LogP contribution >= 0.6 is 0 Å². The average Bonchev–Trinajstić information content (AvgIpc) is 2.61. The van der Waals surface area contributed by atoms with E-state index in [4.69, 9.17) is 0 Å². The third-order valence-corrected chi connectivity index (χ3v) is 4.01. The second-order valence-electron chi connectivity index (χ2n) is 5.81. The Labute approximate surface area is 145 Å². The second kappa shape index (κ2) is 7.25. The summed E-state index contributed by atoms with van der Waals surface area (Å²) in [4.78, 5) is 28.5. The molecule has 1 atom stereocenters. The standard InChI is InChI=1S/C19H18FN3O2/c1-2-12-6-8-13(9-7-12)16-11-17(24)22-19(21-16)23-18(25)14-4-3-5-15(20)10-14/h3-10,16H,2,11H2,1H3,(H2,21,22,23,24,25)/t16-/m1/s1. The minimum Gasteiger partial charge on any atom is -0.296 e. The van der Waals surface area contributed by atoms with Gasteiger partial charge in [-0.15, -0.1) is 0 Å². The average molecular weight is 339 g/mol. The summed E-state index contributed by atoms with van der Waals surface area (Å²) in [6, 6.07) is 12.9. The molecule has 0 saturated heterocycles. The molecule has 0 radical (unpaired) electrons. The molecule has 2 aromatic carbocycles. The van der Waals surface area contributed by atoms with Gasteiger partial charge in [0.2, 0.25) is 11.9 Å². The Morgan fingerprint density at radius 3 is 2.72 bits per heavy atom. The summed E-state index contributed by atoms with van der Waals surface area (Å²) in [7, 11) is 0. The molecule has 5 nitrogen and oxygen atoms in total. The van der Waals surface area contributed by atoms with Crippen molar-refractivity contribution in [2.75, 3.05) is 0 Å². The molecule has 2 amide bonds. The quantitative estimate of drug-likeness (QED) is 0.903. The van der Waals surface area contributed by atoms with Gasteiger partial charge >= 0.3 is 0 Å². The third kappa shape index (κ3) is 4.09. The van der Waals surface area contributed by atoms with Crippen LogP contribution in [0.3, 0.4) is 0 Å². The number of hydrogen-bond acceptors (Lipinski definition) is 3. The summed E-state index contributed by atoms with van der Waals surface area (Å²) >= 11 is 0. The highest BCUT2D eigenvalue weighted by Crippen LogP contribution is 2.24. The zero-order chi connectivity index (χ0) is 17.8. The van der Waals surface area contributed by atoms with Gasteiger partial charge in [-0.1, -0.05) is 37.3 Å². The van der Waals surface area contributed by atoms with Crippen molar-refractivity contribution >= 4 is 17.8 Å². The predicted octanol–water partition coefficient (Wildman–Crippen LogP) is 2.74. The Kier molecular flexibility index (Phi) is 4.88. The molecule has 128 valence electrons. The van der Waals surface area contributed by atoms with Crippen LogP contribution in [-0.4, -0.2) is 17.8 Å². The monoisotopic (exact) mass is 339 g/mol. The summed E-state index contributed by atoms with van der Waals surface area (Å²) in [5.74, 6) is -1.18. The van der Waals surface area contributed by atoms with Crippen LogP contribution in [0.1, 0.15) is 40.9 Å². The van der Waals surface area contributed by atoms with Gasteiger partial charge in [-0.25, -0.2) is 9.38 Å². The Morgan fingerprint density at radius 1 is 1.28 bits per heavy atom. The zero-order valence-corrected chi connectivity index (χ0v) is 13.8. The number of aliphatic imine (C=N–C) groups is 1. The summed E-state index contributed by atoms with van der Waals surface area (Å²) in [5.41, 5.74) is 2.27. The van der Waals surface area contributed by atoms with Crippen LogP contribution in [0.15, 0.2) is 53.5 Å². The Bertz CT molecular complexity index is 831. The predicted molar refractivity (Wildman–Crippen MR) is 92.6 cm³/mol. The highest BCUT2D eigenvalue weighted by atomic mass is 19.1. The van der Waals surface area contributed by atoms with Crippen molar-refractivity contribution in [3.63, 3.8) is 0 Å². The number of nitrogens with zero attached hydrogens (tertiary/aromatic N) is 1. The van der Waals surface area contributed by atoms with Gasteiger partial charge < -0.3 is 0 Å². The number of halogens is 1. The van der Waals surface area contributed by atoms with E-state index in [1.807, 2.05) is 24.3 Å². The number of nitrogens with one attached hydrogen (secondary N) is 2. The van der Waals surface area contributed by atoms with E-state index in [0.29, 0.717) is 0 Å². The summed E-state index contributed by atoms with van der Waals surface area (Å²) in [6.07, 6.45) is 1.15. The van der Waals surface area contributed by atoms with Crippen molar-refractivity contribution in [3.8, 4) is 0 Å². The van der Waals surface area contributed by atoms with Crippen LogP contribution < -0.4 is 10.6 Å². The molecule has 0 aromatic heterocycles. The van der Waals surface area contributed by atoms with Crippen LogP contribution in [0.4, 0.5) is 4.39 Å². The normalized spacial score (nSPS) is 16.8. The first-order valence-corrected chi connectivity index (χ1v) is 8.08. The molecule has 2 aromatic rings. The zero-order valence-electron chi connectivity index (χ0n) is 13.8. The van der Waals surface area contributed by atoms with Gasteiger partial charge in [0.1, 0.15) is 5.82 Å². The number of amides is 2. The van der Waals surface area contributed by atoms with Crippen LogP contribution in [0, 0.1) is 5.82 Å². The lowest BCUT2D eigenvalue weighted by molar-refractivity contribution is -0.120. The van der Waals surface area contributed by atoms with Gasteiger partial charge in [-0.2, -0.15) is 0 Å². The number of benzene rings is 2. The van der Waals surface area contributed by atoms with Crippen molar-refractivity contribution in [3.05, 3.63) is 71.0 Å². The number of guanidine groups is 1. The Hall–Kier alpha value is -3.02. The van der Waals surface area contributed by atoms with Crippen molar-refractivity contribution in [1.29, 1.82) is 0 Å². The minimum atomic E-state index is -0.527. The van der Waals surface area contributed by atoms with E-state index >= 15 is 0 Å². The number of rotatable bonds is 3. The third-order valence-electron chi connectivity index (χ3n) is 4.01. The largest absolute Gasteiger partial charge is 0.296 e. The van der Waals surface area contributed by atoms with E-state index in [-0.39, 0.29) is 29.9 Å². The van der Waals surface area contributed by atoms with E-state index in [0.717, 1.165) is 18.1 Å². The molecule has 1 heterocycles. The fourth-order valence-electron chi connectivity index (χ4n) is 2.63. The Balaban J connectivity index is 1.78. The maximum Gasteiger partial charge on any atom is 0.258 e. The Morgan fingerprint density at radius 2 is 2.04 bits per heavy atom. The van der Waals surface area contributed by atoms with Crippen molar-refractivity contribution < 1.29 is 14.0 Å². The van der Waals surface area contributed by atoms with Gasteiger partial charge in [-0.05, 0) is 35.7 Å². The number of aryl methyl sites for hydroxylation is 1. The van der Waals surface area contributed by atoms with E-state index in [1.165, 1.54) is 23.8 Å². The van der Waals surface area contributed by atoms with Crippen molar-refractivity contribution in [2.24, 2.45) is 4.99 Å². The van der Waals surface area contributed by atoms with E-state index in [9.17, 15) is 14.0 Å². The van der Waals surface area contributed by atoms with Gasteiger partial charge in [0.15, 0.2) is 0 Å². The summed E-state index contributed by atoms with van der Waals surface area (Å²) in [5, 5.41) is 5.07. The van der Waals surface area contributed by atoms with Crippen molar-refractivity contribution in [1.82, 2.24) is 10.6 Å². The summed E-state index contributed by atoms with van der Waals surface area (Å²) in [6.45, 7) is 2.07. The first kappa shape index (κ1) is 16.8. The smallest absolute Gasteiger partial charge is 0.258 e. The first-order valence-electron chi connectivity index (χ1n) is 8.08. The van der Waals surface area contributed by atoms with Gasteiger partial charge in [0.25, 0.3) is 5.91 Å². The highest BCUT2D eigenvalue weighted by molar-refractivity contribution is 6.10. The lowest BCUT2D eigenvalue weighted by atomic mass is 10.0. The second-order valence-corrected chi connectivity index (χ2v) is 5.81. The molecular formula is C19H18FN3O2. The first-order chi connectivity index (χ1) is 12.0. The molecule has 3 rings (SSSR count). The molecule has 0 bridgehead atoms. The van der Waals surface area contributed by atoms with Crippen LogP contribution in [0.2, 0.25) is 0 Å². The molecule has 25 heavy (non-hydrogen) atoms. The molecule has 0 saturated carbocycles. The van der Waals surface area contributed by atoms with Crippen molar-refractivity contribution in [2.45, 2.75) is 25.8 Å². The SMILES string of the molecule is CCc1ccc([C@H]2CC(=O)NC(NC(=O)c3cccc(F)c3)=N2)cc1. The fourth-order valence-corrected chi connectivity index (χ4v) is 2.63. The van der Waals surface area contributed by atoms with Crippen LogP contribution in [-0.2, 0) is 11.2 Å². The molecule has 6 heteroatoms. The molecule has 1 aliphatic rings. The van der Waals surface area contributed by atoms with E-state index < -0.39 is 11.7 Å². The molecular weight excluding hydrogens is 321 g/mol. The van der Waals surface area contributed by atoms with Gasteiger partial charge in [0.05, 0.1) is 12.5 Å². The molecule has 0 fully saturated rings.